The average Bonchev–Trinajstić information content (AvgIpc) is 2.47. The summed E-state index contributed by atoms with van der Waals surface area (Å²) in [6.07, 6.45) is 1.95. The first kappa shape index (κ1) is 17.2. The molecule has 8 heteroatoms. The number of nitrogens with one attached hydrogen (secondary N) is 1. The van der Waals surface area contributed by atoms with Crippen molar-refractivity contribution >= 4 is 18.7 Å². The van der Waals surface area contributed by atoms with E-state index in [2.05, 4.69) is 23.2 Å². The quantitative estimate of drug-likeness (QED) is 0.388. The Kier molecular flexibility index (Phi) is 7.66. The molecule has 10 N–H and O–H groups in total. The zero-order valence-electron chi connectivity index (χ0n) is 8.58. The molecule has 2 rings (SSSR count). The molecule has 0 radical (unpaired) electrons. The third-order valence-corrected chi connectivity index (χ3v) is 1.46. The van der Waals surface area contributed by atoms with Crippen molar-refractivity contribution in [3.8, 4) is 0 Å². The molecule has 0 spiro atoms. The van der Waals surface area contributed by atoms with Crippen LogP contribution in [0.3, 0.4) is 0 Å². The SMILES string of the molecule is N.N.O=P(O)(O)O.c1ccc2[nH]ccc2c1. The Bertz CT molecular complexity index is 415. The predicted molar refractivity (Wildman–Crippen MR) is 62.6 cm³/mol. The summed E-state index contributed by atoms with van der Waals surface area (Å²) in [7, 11) is -4.64. The summed E-state index contributed by atoms with van der Waals surface area (Å²) in [6.45, 7) is 0. The van der Waals surface area contributed by atoms with Crippen LogP contribution < -0.4 is 12.3 Å². The molecule has 0 aliphatic carbocycles. The second-order valence-electron chi connectivity index (χ2n) is 2.58. The van der Waals surface area contributed by atoms with Crippen LogP contribution in [0.4, 0.5) is 0 Å². The van der Waals surface area contributed by atoms with E-state index in [1.165, 1.54) is 10.9 Å². The number of hydrogen-bond donors (Lipinski definition) is 6. The van der Waals surface area contributed by atoms with Crippen molar-refractivity contribution in [1.82, 2.24) is 17.3 Å². The number of benzene rings is 1. The Morgan fingerprint density at radius 3 is 2.00 bits per heavy atom. The zero-order chi connectivity index (χ0) is 10.6. The van der Waals surface area contributed by atoms with Gasteiger partial charge in [0.1, 0.15) is 0 Å². The average molecular weight is 249 g/mol. The van der Waals surface area contributed by atoms with E-state index < -0.39 is 7.82 Å². The van der Waals surface area contributed by atoms with Crippen molar-refractivity contribution in [2.45, 2.75) is 0 Å². The van der Waals surface area contributed by atoms with E-state index in [1.807, 2.05) is 18.3 Å². The van der Waals surface area contributed by atoms with Gasteiger partial charge in [-0.1, -0.05) is 18.2 Å². The Hall–Kier alpha value is -1.21. The third-order valence-electron chi connectivity index (χ3n) is 1.46. The maximum absolute atomic E-state index is 8.88. The Balaban J connectivity index is 0. The lowest BCUT2D eigenvalue weighted by molar-refractivity contribution is 0.275. The van der Waals surface area contributed by atoms with Gasteiger partial charge in [-0.15, -0.1) is 0 Å². The smallest absolute Gasteiger partial charge is 0.361 e. The van der Waals surface area contributed by atoms with Crippen LogP contribution in [-0.4, -0.2) is 19.7 Å². The van der Waals surface area contributed by atoms with Crippen LogP contribution in [0.2, 0.25) is 0 Å². The molecule has 1 aromatic carbocycles. The summed E-state index contributed by atoms with van der Waals surface area (Å²) in [5.41, 5.74) is 1.21. The number of para-hydroxylation sites is 1. The van der Waals surface area contributed by atoms with Gasteiger partial charge >= 0.3 is 7.82 Å². The molecule has 0 bridgehead atoms. The lowest BCUT2D eigenvalue weighted by Gasteiger charge is -1.83. The van der Waals surface area contributed by atoms with Gasteiger partial charge in [0.15, 0.2) is 0 Å². The van der Waals surface area contributed by atoms with E-state index in [9.17, 15) is 0 Å². The normalized spacial score (nSPS) is 9.44. The van der Waals surface area contributed by atoms with Crippen molar-refractivity contribution in [2.24, 2.45) is 0 Å². The van der Waals surface area contributed by atoms with E-state index in [0.717, 1.165) is 0 Å². The molecule has 0 atom stereocenters. The van der Waals surface area contributed by atoms with Gasteiger partial charge in [-0.25, -0.2) is 4.57 Å². The topological polar surface area (TPSA) is 164 Å². The Labute approximate surface area is 92.5 Å². The lowest BCUT2D eigenvalue weighted by atomic mass is 10.3. The fraction of sp³-hybridized carbons (Fsp3) is 0. The van der Waals surface area contributed by atoms with E-state index in [4.69, 9.17) is 19.2 Å². The largest absolute Gasteiger partial charge is 0.466 e. The molecular formula is C8H16N3O4P. The molecule has 0 saturated carbocycles. The minimum absolute atomic E-state index is 0. The van der Waals surface area contributed by atoms with E-state index >= 15 is 0 Å². The molecule has 0 aliphatic rings. The standard InChI is InChI=1S/C8H7N.2H3N.H3O4P/c1-2-4-8-7(3-1)5-6-9-8;;;1-5(2,3)4/h1-6,9H;2*1H3;(H3,1,2,3,4). The van der Waals surface area contributed by atoms with Crippen molar-refractivity contribution in [3.05, 3.63) is 36.5 Å². The first-order valence-electron chi connectivity index (χ1n) is 3.77. The summed E-state index contributed by atoms with van der Waals surface area (Å²) >= 11 is 0. The van der Waals surface area contributed by atoms with Gasteiger partial charge in [0.25, 0.3) is 0 Å². The highest BCUT2D eigenvalue weighted by molar-refractivity contribution is 7.45. The molecule has 2 aromatic rings. The molecule has 92 valence electrons. The highest BCUT2D eigenvalue weighted by Gasteiger charge is 2.00. The lowest BCUT2D eigenvalue weighted by Crippen LogP contribution is -1.66. The first-order valence-corrected chi connectivity index (χ1v) is 5.34. The minimum Gasteiger partial charge on any atom is -0.361 e. The number of rotatable bonds is 0. The van der Waals surface area contributed by atoms with E-state index in [-0.39, 0.29) is 12.3 Å². The number of phosphoric acid groups is 1. The number of aromatic nitrogens is 1. The number of aromatic amines is 1. The minimum atomic E-state index is -4.64. The highest BCUT2D eigenvalue weighted by atomic mass is 31.2. The summed E-state index contributed by atoms with van der Waals surface area (Å²) in [6, 6.07) is 10.3. The fourth-order valence-corrected chi connectivity index (χ4v) is 0.995. The second-order valence-corrected chi connectivity index (χ2v) is 3.60. The molecule has 0 unspecified atom stereocenters. The molecular weight excluding hydrogens is 233 g/mol. The molecule has 0 fully saturated rings. The Morgan fingerprint density at radius 2 is 1.50 bits per heavy atom. The van der Waals surface area contributed by atoms with Crippen LogP contribution in [0.1, 0.15) is 0 Å². The zero-order valence-corrected chi connectivity index (χ0v) is 9.47. The number of hydrogen-bond acceptors (Lipinski definition) is 3. The molecule has 0 amide bonds. The van der Waals surface area contributed by atoms with Crippen molar-refractivity contribution in [3.63, 3.8) is 0 Å². The fourth-order valence-electron chi connectivity index (χ4n) is 0.995. The molecule has 7 nitrogen and oxygen atoms in total. The van der Waals surface area contributed by atoms with Crippen LogP contribution in [-0.2, 0) is 4.57 Å². The van der Waals surface area contributed by atoms with Gasteiger partial charge in [-0.05, 0) is 17.5 Å². The molecule has 0 aliphatic heterocycles. The van der Waals surface area contributed by atoms with Gasteiger partial charge in [-0.2, -0.15) is 0 Å². The van der Waals surface area contributed by atoms with Gasteiger partial charge in [0.05, 0.1) is 0 Å². The van der Waals surface area contributed by atoms with Gasteiger partial charge < -0.3 is 32.0 Å². The van der Waals surface area contributed by atoms with Crippen molar-refractivity contribution in [2.75, 3.05) is 0 Å². The molecule has 16 heavy (non-hydrogen) atoms. The van der Waals surface area contributed by atoms with Crippen LogP contribution >= 0.6 is 7.82 Å². The van der Waals surface area contributed by atoms with E-state index in [1.54, 1.807) is 0 Å². The Morgan fingerprint density at radius 1 is 1.00 bits per heavy atom. The molecule has 1 aromatic heterocycles. The van der Waals surface area contributed by atoms with Crippen LogP contribution in [0.25, 0.3) is 10.9 Å². The van der Waals surface area contributed by atoms with Crippen LogP contribution in [0.5, 0.6) is 0 Å². The summed E-state index contributed by atoms with van der Waals surface area (Å²) in [5, 5.41) is 1.28. The third kappa shape index (κ3) is 7.13. The van der Waals surface area contributed by atoms with Gasteiger partial charge in [-0.3, -0.25) is 0 Å². The molecule has 1 heterocycles. The van der Waals surface area contributed by atoms with Gasteiger partial charge in [0, 0.05) is 11.7 Å². The maximum Gasteiger partial charge on any atom is 0.466 e. The van der Waals surface area contributed by atoms with Crippen LogP contribution in [0, 0.1) is 0 Å². The summed E-state index contributed by atoms with van der Waals surface area (Å²) in [5.74, 6) is 0. The maximum atomic E-state index is 8.88. The summed E-state index contributed by atoms with van der Waals surface area (Å²) in [4.78, 5) is 24.7. The van der Waals surface area contributed by atoms with Crippen molar-refractivity contribution in [1.29, 1.82) is 0 Å². The monoisotopic (exact) mass is 249 g/mol. The predicted octanol–water partition coefficient (Wildman–Crippen LogP) is 1.56. The highest BCUT2D eigenvalue weighted by Crippen LogP contribution is 2.25. The first-order chi connectivity index (χ1) is 6.47. The van der Waals surface area contributed by atoms with Crippen molar-refractivity contribution < 1.29 is 19.2 Å². The number of fused-ring (bicyclic) bond motifs is 1. The number of H-pyrrole nitrogens is 1. The van der Waals surface area contributed by atoms with Crippen LogP contribution in [0.15, 0.2) is 36.5 Å². The van der Waals surface area contributed by atoms with Gasteiger partial charge in [0.2, 0.25) is 0 Å². The van der Waals surface area contributed by atoms with E-state index in [0.29, 0.717) is 0 Å². The summed E-state index contributed by atoms with van der Waals surface area (Å²) < 4.78 is 8.88. The second kappa shape index (κ2) is 7.13. The molecule has 0 saturated heterocycles.